The minimum Gasteiger partial charge on any atom is -0.462 e. The summed E-state index contributed by atoms with van der Waals surface area (Å²) in [6.07, 6.45) is 0. The third-order valence-corrected chi connectivity index (χ3v) is 3.73. The van der Waals surface area contributed by atoms with Crippen LogP contribution in [0, 0.1) is 0 Å². The monoisotopic (exact) mass is 266 g/mol. The number of thiol groups is 1. The van der Waals surface area contributed by atoms with E-state index in [9.17, 15) is 9.59 Å². The van der Waals surface area contributed by atoms with E-state index in [2.05, 4.69) is 12.6 Å². The summed E-state index contributed by atoms with van der Waals surface area (Å²) >= 11 is 5.49. The maximum atomic E-state index is 12.1. The molecule has 2 rings (SSSR count). The molecule has 1 aromatic carbocycles. The molecule has 0 amide bonds. The zero-order valence-corrected chi connectivity index (χ0v) is 10.8. The van der Waals surface area contributed by atoms with E-state index >= 15 is 0 Å². The van der Waals surface area contributed by atoms with Crippen molar-refractivity contribution in [1.82, 2.24) is 0 Å². The Morgan fingerprint density at radius 2 is 2.12 bits per heavy atom. The van der Waals surface area contributed by atoms with Crippen LogP contribution in [0.15, 0.2) is 33.3 Å². The second-order valence-corrected chi connectivity index (χ2v) is 5.13. The lowest BCUT2D eigenvalue weighted by Crippen LogP contribution is -2.17. The second kappa shape index (κ2) is 4.89. The van der Waals surface area contributed by atoms with Gasteiger partial charge in [-0.2, -0.15) is 0 Å². The van der Waals surface area contributed by atoms with Crippen molar-refractivity contribution in [2.24, 2.45) is 0 Å². The van der Waals surface area contributed by atoms with Crippen LogP contribution < -0.4 is 5.43 Å². The number of esters is 1. The van der Waals surface area contributed by atoms with Gasteiger partial charge >= 0.3 is 5.97 Å². The number of fused-ring (bicyclic) bond motifs is 1. The predicted molar refractivity (Wildman–Crippen MR) is 71.3 cm³/mol. The molecule has 0 atom stereocenters. The maximum absolute atomic E-state index is 12.1. The first kappa shape index (κ1) is 12.1. The van der Waals surface area contributed by atoms with Crippen molar-refractivity contribution in [1.29, 1.82) is 0 Å². The smallest absolute Gasteiger partial charge is 0.344 e. The Balaban J connectivity index is 2.72. The number of rotatable bonds is 2. The zero-order valence-electron chi connectivity index (χ0n) is 9.10. The predicted octanol–water partition coefficient (Wildman–Crippen LogP) is 2.73. The van der Waals surface area contributed by atoms with Gasteiger partial charge < -0.3 is 4.74 Å². The molecule has 88 valence electrons. The van der Waals surface area contributed by atoms with Gasteiger partial charge in [0.15, 0.2) is 0 Å². The Labute approximate surface area is 107 Å². The number of carbonyl (C=O) groups excluding carboxylic acids is 1. The summed E-state index contributed by atoms with van der Waals surface area (Å²) in [5.74, 6) is -0.607. The molecule has 0 saturated carbocycles. The molecule has 17 heavy (non-hydrogen) atoms. The van der Waals surface area contributed by atoms with Crippen LogP contribution in [0.4, 0.5) is 0 Å². The van der Waals surface area contributed by atoms with Gasteiger partial charge in [0, 0.05) is 10.1 Å². The van der Waals surface area contributed by atoms with Crippen LogP contribution in [0.1, 0.15) is 17.3 Å². The Morgan fingerprint density at radius 3 is 2.82 bits per heavy atom. The fraction of sp³-hybridized carbons (Fsp3) is 0.167. The van der Waals surface area contributed by atoms with Crippen LogP contribution in [0.3, 0.4) is 0 Å². The van der Waals surface area contributed by atoms with Crippen molar-refractivity contribution in [3.63, 3.8) is 0 Å². The van der Waals surface area contributed by atoms with Crippen LogP contribution in [0.25, 0.3) is 10.1 Å². The lowest BCUT2D eigenvalue weighted by molar-refractivity contribution is 0.0522. The first-order valence-corrected chi connectivity index (χ1v) is 6.33. The summed E-state index contributed by atoms with van der Waals surface area (Å²) in [6.45, 7) is 1.94. The Morgan fingerprint density at radius 1 is 1.41 bits per heavy atom. The Hall–Kier alpha value is -1.33. The highest BCUT2D eigenvalue weighted by Crippen LogP contribution is 2.25. The van der Waals surface area contributed by atoms with Crippen LogP contribution in [0.5, 0.6) is 0 Å². The molecule has 5 heteroatoms. The van der Waals surface area contributed by atoms with E-state index < -0.39 is 5.97 Å². The lowest BCUT2D eigenvalue weighted by atomic mass is 10.2. The second-order valence-electron chi connectivity index (χ2n) is 3.33. The summed E-state index contributed by atoms with van der Waals surface area (Å²) in [6, 6.07) is 7.14. The summed E-state index contributed by atoms with van der Waals surface area (Å²) in [5.41, 5.74) is -0.290. The summed E-state index contributed by atoms with van der Waals surface area (Å²) in [7, 11) is 0. The van der Waals surface area contributed by atoms with Crippen molar-refractivity contribution in [2.75, 3.05) is 6.61 Å². The standard InChI is InChI=1S/C12H10O3S2/c1-2-15-11(14)9-10(13)7-5-3-4-6-8(7)17-12(9)16/h3-6,16H,2H2,1H3. The van der Waals surface area contributed by atoms with E-state index in [4.69, 9.17) is 4.74 Å². The minimum atomic E-state index is -0.607. The fourth-order valence-electron chi connectivity index (χ4n) is 1.51. The first-order chi connectivity index (χ1) is 8.15. The molecule has 0 N–H and O–H groups in total. The van der Waals surface area contributed by atoms with Crippen molar-refractivity contribution in [3.05, 3.63) is 40.1 Å². The van der Waals surface area contributed by atoms with Gasteiger partial charge in [0.05, 0.1) is 10.8 Å². The van der Waals surface area contributed by atoms with Crippen LogP contribution >= 0.6 is 24.0 Å². The van der Waals surface area contributed by atoms with Gasteiger partial charge in [-0.25, -0.2) is 4.79 Å². The normalized spacial score (nSPS) is 10.5. The first-order valence-electron chi connectivity index (χ1n) is 5.07. The van der Waals surface area contributed by atoms with E-state index in [1.807, 2.05) is 12.1 Å². The summed E-state index contributed by atoms with van der Waals surface area (Å²) < 4.78 is 6.07. The molecule has 0 spiro atoms. The van der Waals surface area contributed by atoms with E-state index in [1.165, 1.54) is 11.3 Å². The molecular formula is C12H10O3S2. The molecule has 1 aromatic heterocycles. The number of benzene rings is 1. The topological polar surface area (TPSA) is 43.4 Å². The van der Waals surface area contributed by atoms with Crippen molar-refractivity contribution in [2.45, 2.75) is 11.1 Å². The Kier molecular flexibility index (Phi) is 3.49. The minimum absolute atomic E-state index is 0.0267. The average molecular weight is 266 g/mol. The maximum Gasteiger partial charge on any atom is 0.344 e. The van der Waals surface area contributed by atoms with Crippen LogP contribution in [-0.2, 0) is 4.74 Å². The van der Waals surface area contributed by atoms with Gasteiger partial charge in [0.2, 0.25) is 5.43 Å². The fourth-order valence-corrected chi connectivity index (χ4v) is 2.91. The van der Waals surface area contributed by atoms with Crippen molar-refractivity contribution < 1.29 is 9.53 Å². The highest BCUT2D eigenvalue weighted by molar-refractivity contribution is 7.83. The van der Waals surface area contributed by atoms with Gasteiger partial charge in [-0.15, -0.1) is 24.0 Å². The van der Waals surface area contributed by atoms with Crippen molar-refractivity contribution in [3.8, 4) is 0 Å². The van der Waals surface area contributed by atoms with Gasteiger partial charge in [0.25, 0.3) is 0 Å². The number of carbonyl (C=O) groups is 1. The highest BCUT2D eigenvalue weighted by Gasteiger charge is 2.18. The molecule has 0 bridgehead atoms. The third-order valence-electron chi connectivity index (χ3n) is 2.26. The molecule has 0 aliphatic heterocycles. The SMILES string of the molecule is CCOC(=O)c1c(S)sc2ccccc2c1=O. The summed E-state index contributed by atoms with van der Waals surface area (Å²) in [4.78, 5) is 23.8. The molecule has 0 radical (unpaired) electrons. The molecule has 1 heterocycles. The molecule has 0 fully saturated rings. The van der Waals surface area contributed by atoms with E-state index in [-0.39, 0.29) is 17.6 Å². The molecule has 0 unspecified atom stereocenters. The quantitative estimate of drug-likeness (QED) is 0.671. The molecule has 3 nitrogen and oxygen atoms in total. The third kappa shape index (κ3) is 2.21. The van der Waals surface area contributed by atoms with E-state index in [0.29, 0.717) is 9.60 Å². The largest absolute Gasteiger partial charge is 0.462 e. The summed E-state index contributed by atoms with van der Waals surface area (Å²) in [5, 5.41) is 0.526. The van der Waals surface area contributed by atoms with Gasteiger partial charge in [-0.3, -0.25) is 4.79 Å². The van der Waals surface area contributed by atoms with Crippen LogP contribution in [-0.4, -0.2) is 12.6 Å². The van der Waals surface area contributed by atoms with Gasteiger partial charge in [0.1, 0.15) is 5.56 Å². The molecular weight excluding hydrogens is 256 g/mol. The Bertz CT molecular complexity index is 631. The highest BCUT2D eigenvalue weighted by atomic mass is 32.2. The molecule has 0 aliphatic rings. The van der Waals surface area contributed by atoms with E-state index in [1.54, 1.807) is 19.1 Å². The lowest BCUT2D eigenvalue weighted by Gasteiger charge is -2.05. The number of hydrogen-bond donors (Lipinski definition) is 1. The molecule has 0 aliphatic carbocycles. The van der Waals surface area contributed by atoms with Crippen LogP contribution in [0.2, 0.25) is 0 Å². The molecule has 2 aromatic rings. The number of hydrogen-bond acceptors (Lipinski definition) is 5. The average Bonchev–Trinajstić information content (AvgIpc) is 2.29. The zero-order chi connectivity index (χ0) is 12.4. The molecule has 0 saturated heterocycles. The van der Waals surface area contributed by atoms with Gasteiger partial charge in [-0.1, -0.05) is 12.1 Å². The van der Waals surface area contributed by atoms with Crippen molar-refractivity contribution >= 4 is 40.0 Å². The number of ether oxygens (including phenoxy) is 1. The van der Waals surface area contributed by atoms with E-state index in [0.717, 1.165) is 4.70 Å². The van der Waals surface area contributed by atoms with Gasteiger partial charge in [-0.05, 0) is 19.1 Å².